The molecule has 0 spiro atoms. The van der Waals surface area contributed by atoms with E-state index in [9.17, 15) is 8.42 Å². The van der Waals surface area contributed by atoms with Gasteiger partial charge in [0.05, 0.1) is 5.75 Å². The number of hydrogen-bond donors (Lipinski definition) is 1. The van der Waals surface area contributed by atoms with E-state index in [0.29, 0.717) is 13.0 Å². The van der Waals surface area contributed by atoms with Crippen LogP contribution in [0.25, 0.3) is 0 Å². The van der Waals surface area contributed by atoms with Crippen LogP contribution in [0.4, 0.5) is 5.69 Å². The first-order valence-corrected chi connectivity index (χ1v) is 7.74. The van der Waals surface area contributed by atoms with Gasteiger partial charge < -0.3 is 5.32 Å². The van der Waals surface area contributed by atoms with Crippen LogP contribution < -0.4 is 5.32 Å². The maximum Gasteiger partial charge on any atom is 0.166 e. The van der Waals surface area contributed by atoms with E-state index in [-0.39, 0.29) is 5.75 Å². The number of alkyl halides is 1. The van der Waals surface area contributed by atoms with Crippen molar-refractivity contribution in [3.8, 4) is 0 Å². The molecule has 1 N–H and O–H groups in total. The van der Waals surface area contributed by atoms with Crippen LogP contribution in [0.3, 0.4) is 0 Å². The molecular formula is C12H18ClNO2S. The number of benzene rings is 1. The molecular weight excluding hydrogens is 258 g/mol. The molecule has 0 aromatic heterocycles. The zero-order chi connectivity index (χ0) is 12.9. The van der Waals surface area contributed by atoms with E-state index in [4.69, 9.17) is 11.6 Å². The first-order chi connectivity index (χ1) is 7.93. The van der Waals surface area contributed by atoms with Crippen LogP contribution in [-0.4, -0.2) is 25.4 Å². The number of hydrogen-bond acceptors (Lipinski definition) is 3. The quantitative estimate of drug-likeness (QED) is 0.641. The largest absolute Gasteiger partial charge is 0.385 e. The van der Waals surface area contributed by atoms with Crippen LogP contribution in [0.2, 0.25) is 0 Å². The van der Waals surface area contributed by atoms with Crippen molar-refractivity contribution in [2.24, 2.45) is 0 Å². The molecule has 0 amide bonds. The molecule has 1 rings (SSSR count). The molecule has 0 aliphatic rings. The van der Waals surface area contributed by atoms with E-state index in [1.165, 1.54) is 6.92 Å². The third-order valence-electron chi connectivity index (χ3n) is 2.56. The van der Waals surface area contributed by atoms with Gasteiger partial charge in [-0.3, -0.25) is 0 Å². The lowest BCUT2D eigenvalue weighted by atomic mass is 10.2. The van der Waals surface area contributed by atoms with Crippen LogP contribution in [0.5, 0.6) is 0 Å². The van der Waals surface area contributed by atoms with E-state index < -0.39 is 14.5 Å². The van der Waals surface area contributed by atoms with Gasteiger partial charge in [0.25, 0.3) is 0 Å². The highest BCUT2D eigenvalue weighted by molar-refractivity contribution is 7.93. The molecule has 0 heterocycles. The predicted octanol–water partition coefficient (Wildman–Crippen LogP) is 2.80. The second kappa shape index (κ2) is 6.26. The number of nitrogens with one attached hydrogen (secondary N) is 1. The highest BCUT2D eigenvalue weighted by atomic mass is 35.5. The fourth-order valence-electron chi connectivity index (χ4n) is 1.43. The van der Waals surface area contributed by atoms with Crippen molar-refractivity contribution in [1.29, 1.82) is 0 Å². The topological polar surface area (TPSA) is 46.2 Å². The second-order valence-corrected chi connectivity index (χ2v) is 7.36. The first kappa shape index (κ1) is 14.3. The molecule has 1 aromatic carbocycles. The summed E-state index contributed by atoms with van der Waals surface area (Å²) in [6.07, 6.45) is 0.563. The summed E-state index contributed by atoms with van der Waals surface area (Å²) >= 11 is 5.58. The summed E-state index contributed by atoms with van der Waals surface area (Å²) in [5, 5.41) is 3.22. The van der Waals surface area contributed by atoms with Crippen molar-refractivity contribution in [3.05, 3.63) is 29.8 Å². The Balaban J connectivity index is 2.38. The Hall–Kier alpha value is -0.740. The Bertz CT molecular complexity index is 457. The summed E-state index contributed by atoms with van der Waals surface area (Å²) in [6.45, 7) is 4.14. The Labute approximate surface area is 108 Å². The maximum atomic E-state index is 11.4. The van der Waals surface area contributed by atoms with Gasteiger partial charge in [-0.25, -0.2) is 8.42 Å². The SMILES string of the molecule is Cc1ccccc1NCCCS(=O)(=O)C(C)Cl. The highest BCUT2D eigenvalue weighted by Crippen LogP contribution is 2.13. The van der Waals surface area contributed by atoms with Gasteiger partial charge in [-0.05, 0) is 31.9 Å². The van der Waals surface area contributed by atoms with Crippen molar-refractivity contribution < 1.29 is 8.42 Å². The van der Waals surface area contributed by atoms with Gasteiger partial charge in [0.15, 0.2) is 9.84 Å². The van der Waals surface area contributed by atoms with Gasteiger partial charge in [-0.2, -0.15) is 0 Å². The number of halogens is 1. The van der Waals surface area contributed by atoms with E-state index in [1.807, 2.05) is 31.2 Å². The summed E-state index contributed by atoms with van der Waals surface area (Å²) in [6, 6.07) is 7.92. The molecule has 3 nitrogen and oxygen atoms in total. The molecule has 0 aliphatic carbocycles. The average molecular weight is 276 g/mol. The summed E-state index contributed by atoms with van der Waals surface area (Å²) in [5.41, 5.74) is 2.20. The van der Waals surface area contributed by atoms with Crippen molar-refractivity contribution >= 4 is 27.1 Å². The number of anilines is 1. The average Bonchev–Trinajstić information content (AvgIpc) is 2.26. The number of rotatable bonds is 6. The van der Waals surface area contributed by atoms with Gasteiger partial charge in [-0.15, -0.1) is 11.6 Å². The maximum absolute atomic E-state index is 11.4. The van der Waals surface area contributed by atoms with Crippen LogP contribution in [0.1, 0.15) is 18.9 Å². The molecule has 0 saturated heterocycles. The molecule has 0 aliphatic heterocycles. The highest BCUT2D eigenvalue weighted by Gasteiger charge is 2.16. The number of para-hydroxylation sites is 1. The Kier molecular flexibility index (Phi) is 5.28. The standard InChI is InChI=1S/C12H18ClNO2S/c1-10-6-3-4-7-12(10)14-8-5-9-17(15,16)11(2)13/h3-4,6-7,11,14H,5,8-9H2,1-2H3. The van der Waals surface area contributed by atoms with Crippen LogP contribution in [0, 0.1) is 6.92 Å². The second-order valence-electron chi connectivity index (χ2n) is 4.01. The zero-order valence-corrected chi connectivity index (χ0v) is 11.7. The van der Waals surface area contributed by atoms with Gasteiger partial charge in [0.1, 0.15) is 4.71 Å². The molecule has 1 atom stereocenters. The first-order valence-electron chi connectivity index (χ1n) is 5.58. The summed E-state index contributed by atoms with van der Waals surface area (Å²) < 4.78 is 22.1. The number of aryl methyl sites for hydroxylation is 1. The van der Waals surface area contributed by atoms with Gasteiger partial charge in [-0.1, -0.05) is 18.2 Å². The molecule has 5 heteroatoms. The molecule has 96 valence electrons. The van der Waals surface area contributed by atoms with Crippen LogP contribution in [-0.2, 0) is 9.84 Å². The summed E-state index contributed by atoms with van der Waals surface area (Å²) in [5.74, 6) is 0.122. The van der Waals surface area contributed by atoms with Crippen molar-refractivity contribution in [2.75, 3.05) is 17.6 Å². The lowest BCUT2D eigenvalue weighted by Crippen LogP contribution is -2.18. The zero-order valence-electron chi connectivity index (χ0n) is 10.1. The van der Waals surface area contributed by atoms with Gasteiger partial charge in [0, 0.05) is 12.2 Å². The van der Waals surface area contributed by atoms with Crippen molar-refractivity contribution in [2.45, 2.75) is 25.0 Å². The molecule has 1 unspecified atom stereocenters. The predicted molar refractivity (Wildman–Crippen MR) is 73.4 cm³/mol. The van der Waals surface area contributed by atoms with Crippen LogP contribution in [0.15, 0.2) is 24.3 Å². The molecule has 1 aromatic rings. The normalized spacial score (nSPS) is 13.4. The number of sulfone groups is 1. The lowest BCUT2D eigenvalue weighted by Gasteiger charge is -2.10. The molecule has 0 bridgehead atoms. The van der Waals surface area contributed by atoms with Gasteiger partial charge >= 0.3 is 0 Å². The summed E-state index contributed by atoms with van der Waals surface area (Å²) in [7, 11) is -3.14. The minimum absolute atomic E-state index is 0.122. The summed E-state index contributed by atoms with van der Waals surface area (Å²) in [4.78, 5) is 0. The van der Waals surface area contributed by atoms with Crippen LogP contribution >= 0.6 is 11.6 Å². The van der Waals surface area contributed by atoms with E-state index in [0.717, 1.165) is 11.3 Å². The smallest absolute Gasteiger partial charge is 0.166 e. The van der Waals surface area contributed by atoms with Gasteiger partial charge in [0.2, 0.25) is 0 Å². The van der Waals surface area contributed by atoms with Crippen molar-refractivity contribution in [3.63, 3.8) is 0 Å². The Morgan fingerprint density at radius 3 is 2.59 bits per heavy atom. The molecule has 0 saturated carbocycles. The fourth-order valence-corrected chi connectivity index (χ4v) is 2.57. The monoisotopic (exact) mass is 275 g/mol. The Morgan fingerprint density at radius 1 is 1.35 bits per heavy atom. The van der Waals surface area contributed by atoms with E-state index in [1.54, 1.807) is 0 Å². The minimum atomic E-state index is -3.14. The lowest BCUT2D eigenvalue weighted by molar-refractivity contribution is 0.592. The third-order valence-corrected chi connectivity index (χ3v) is 5.22. The minimum Gasteiger partial charge on any atom is -0.385 e. The van der Waals surface area contributed by atoms with E-state index in [2.05, 4.69) is 5.32 Å². The Morgan fingerprint density at radius 2 is 2.00 bits per heavy atom. The third kappa shape index (κ3) is 4.56. The molecule has 17 heavy (non-hydrogen) atoms. The van der Waals surface area contributed by atoms with E-state index >= 15 is 0 Å². The molecule has 0 fully saturated rings. The van der Waals surface area contributed by atoms with Crippen molar-refractivity contribution in [1.82, 2.24) is 0 Å². The fraction of sp³-hybridized carbons (Fsp3) is 0.500. The molecule has 0 radical (unpaired) electrons.